The molecule has 9 nitrogen and oxygen atoms in total. The minimum atomic E-state index is -1.26. The van der Waals surface area contributed by atoms with E-state index in [1.165, 1.54) is 9.80 Å². The van der Waals surface area contributed by atoms with E-state index in [-0.39, 0.29) is 37.6 Å². The molecule has 0 unspecified atom stereocenters. The predicted molar refractivity (Wildman–Crippen MR) is 150 cm³/mol. The second kappa shape index (κ2) is 10.8. The maximum Gasteiger partial charge on any atom is 0.411 e. The van der Waals surface area contributed by atoms with Crippen LogP contribution in [0, 0.1) is 16.7 Å². The Kier molecular flexibility index (Phi) is 7.45. The van der Waals surface area contributed by atoms with Gasteiger partial charge in [-0.05, 0) is 82.6 Å². The molecule has 226 valence electrons. The minimum Gasteiger partial charge on any atom is -0.445 e. The molecule has 0 spiro atoms. The number of nitrogens with one attached hydrogen (secondary N) is 1. The van der Waals surface area contributed by atoms with Crippen molar-refractivity contribution in [2.24, 2.45) is 5.41 Å². The van der Waals surface area contributed by atoms with E-state index in [9.17, 15) is 29.1 Å². The molecule has 1 aromatic carbocycles. The average molecular weight is 581 g/mol. The van der Waals surface area contributed by atoms with Gasteiger partial charge in [0.1, 0.15) is 25.4 Å². The van der Waals surface area contributed by atoms with Gasteiger partial charge in [-0.3, -0.25) is 14.5 Å². The highest BCUT2D eigenvalue weighted by molar-refractivity contribution is 5.85. The number of halogens is 1. The lowest BCUT2D eigenvalue weighted by Gasteiger charge is -2.57. The van der Waals surface area contributed by atoms with Gasteiger partial charge in [0.25, 0.3) is 0 Å². The normalized spacial score (nSPS) is 36.7. The summed E-state index contributed by atoms with van der Waals surface area (Å²) in [5.74, 6) is -0.373. The predicted octanol–water partition coefficient (Wildman–Crippen LogP) is 4.13. The highest BCUT2D eigenvalue weighted by Gasteiger charge is 2.58. The van der Waals surface area contributed by atoms with E-state index in [2.05, 4.69) is 5.32 Å². The second-order valence-corrected chi connectivity index (χ2v) is 13.6. The van der Waals surface area contributed by atoms with Crippen LogP contribution < -0.4 is 5.32 Å². The van der Waals surface area contributed by atoms with Crippen molar-refractivity contribution in [1.29, 1.82) is 5.26 Å². The Hall–Kier alpha value is -3.19. The zero-order valence-corrected chi connectivity index (χ0v) is 24.2. The first-order valence-corrected chi connectivity index (χ1v) is 15.5. The Morgan fingerprint density at radius 1 is 1.00 bits per heavy atom. The van der Waals surface area contributed by atoms with Crippen molar-refractivity contribution < 1.29 is 28.6 Å². The number of carbonyl (C=O) groups excluding carboxylic acids is 3. The van der Waals surface area contributed by atoms with Crippen LogP contribution in [0.5, 0.6) is 0 Å². The summed E-state index contributed by atoms with van der Waals surface area (Å²) in [5.41, 5.74) is -1.13. The number of ether oxygens (including phenoxy) is 1. The van der Waals surface area contributed by atoms with Gasteiger partial charge in [0.05, 0.1) is 18.2 Å². The van der Waals surface area contributed by atoms with Crippen molar-refractivity contribution in [2.45, 2.75) is 119 Å². The van der Waals surface area contributed by atoms with E-state index in [0.717, 1.165) is 44.1 Å². The maximum absolute atomic E-state index is 14.1. The molecule has 2 N–H and O–H groups in total. The molecular weight excluding hydrogens is 539 g/mol. The Labute approximate surface area is 246 Å². The van der Waals surface area contributed by atoms with Crippen LogP contribution in [0.15, 0.2) is 30.3 Å². The van der Waals surface area contributed by atoms with Gasteiger partial charge in [-0.15, -0.1) is 0 Å². The van der Waals surface area contributed by atoms with Gasteiger partial charge in [-0.1, -0.05) is 30.3 Å². The van der Waals surface area contributed by atoms with Gasteiger partial charge >= 0.3 is 6.09 Å². The highest BCUT2D eigenvalue weighted by atomic mass is 19.1. The standard InChI is InChI=1S/C32H41FN4O5/c33-24-18-25(19-34)36(20-24)26(38)21-37(28(40)42-22-23-4-2-1-3-5-23)31-12-6-29(7-13-31,8-14-31)27(39)35-30-9-15-32(41,16-10-30)17-11-30/h1-5,24-25,41H,6-18,20-22H2,(H,35,39)/t24-,25-,29?,30?,31?,32?/m0/s1. The number of aliphatic hydroxyl groups is 1. The van der Waals surface area contributed by atoms with E-state index in [1.54, 1.807) is 0 Å². The fourth-order valence-electron chi connectivity index (χ4n) is 8.27. The molecule has 1 saturated heterocycles. The highest BCUT2D eigenvalue weighted by Crippen LogP contribution is 2.56. The van der Waals surface area contributed by atoms with Gasteiger partial charge in [0.15, 0.2) is 0 Å². The number of hydrogen-bond donors (Lipinski definition) is 2. The van der Waals surface area contributed by atoms with Crippen LogP contribution in [0.25, 0.3) is 0 Å². The van der Waals surface area contributed by atoms with Crippen molar-refractivity contribution in [1.82, 2.24) is 15.1 Å². The van der Waals surface area contributed by atoms with Crippen LogP contribution in [0.1, 0.15) is 89.0 Å². The van der Waals surface area contributed by atoms with E-state index in [0.29, 0.717) is 38.5 Å². The third kappa shape index (κ3) is 5.25. The molecule has 4 bridgehead atoms. The summed E-state index contributed by atoms with van der Waals surface area (Å²) in [7, 11) is 0. The quantitative estimate of drug-likeness (QED) is 0.500. The summed E-state index contributed by atoms with van der Waals surface area (Å²) in [6, 6.07) is 10.5. The molecule has 0 aromatic heterocycles. The molecule has 8 rings (SSSR count). The first kappa shape index (κ1) is 28.9. The second-order valence-electron chi connectivity index (χ2n) is 13.6. The molecular formula is C32H41FN4O5. The summed E-state index contributed by atoms with van der Waals surface area (Å²) < 4.78 is 19.9. The topological polar surface area (TPSA) is 123 Å². The molecule has 7 fully saturated rings. The molecule has 1 heterocycles. The SMILES string of the molecule is N#C[C@@H]1C[C@H](F)CN1C(=O)CN(C(=O)OCc1ccccc1)C12CCC(C(=O)NC34CCC(O)(CC3)CC4)(CC1)CC2. The first-order valence-electron chi connectivity index (χ1n) is 15.5. The molecule has 10 heteroatoms. The van der Waals surface area contributed by atoms with Crippen LogP contribution in [-0.2, 0) is 20.9 Å². The lowest BCUT2D eigenvalue weighted by Crippen LogP contribution is -2.65. The molecule has 6 saturated carbocycles. The number of fused-ring (bicyclic) bond motifs is 6. The summed E-state index contributed by atoms with van der Waals surface area (Å²) in [5, 5.41) is 23.5. The third-order valence-corrected chi connectivity index (χ3v) is 11.3. The molecule has 0 radical (unpaired) electrons. The van der Waals surface area contributed by atoms with Crippen molar-refractivity contribution in [2.75, 3.05) is 13.1 Å². The number of nitrogens with zero attached hydrogens (tertiary/aromatic N) is 3. The van der Waals surface area contributed by atoms with Gasteiger partial charge in [-0.25, -0.2) is 9.18 Å². The zero-order chi connectivity index (χ0) is 29.6. The Bertz CT molecular complexity index is 1220. The number of nitriles is 1. The number of hydrogen-bond acceptors (Lipinski definition) is 6. The van der Waals surface area contributed by atoms with Crippen LogP contribution in [0.2, 0.25) is 0 Å². The monoisotopic (exact) mass is 580 g/mol. The molecule has 1 aromatic rings. The third-order valence-electron chi connectivity index (χ3n) is 11.3. The van der Waals surface area contributed by atoms with Crippen molar-refractivity contribution in [3.8, 4) is 6.07 Å². The lowest BCUT2D eigenvalue weighted by molar-refractivity contribution is -0.150. The number of alkyl halides is 1. The fourth-order valence-corrected chi connectivity index (χ4v) is 8.27. The Balaban J connectivity index is 1.16. The number of carbonyl (C=O) groups is 3. The van der Waals surface area contributed by atoms with E-state index >= 15 is 0 Å². The summed E-state index contributed by atoms with van der Waals surface area (Å²) in [6.07, 6.45) is 6.20. The number of amides is 3. The molecule has 6 aliphatic carbocycles. The molecule has 7 aliphatic rings. The maximum atomic E-state index is 14.1. The number of benzene rings is 1. The van der Waals surface area contributed by atoms with Crippen molar-refractivity contribution in [3.05, 3.63) is 35.9 Å². The molecule has 1 aliphatic heterocycles. The van der Waals surface area contributed by atoms with E-state index in [4.69, 9.17) is 4.74 Å². The average Bonchev–Trinajstić information content (AvgIpc) is 3.41. The zero-order valence-electron chi connectivity index (χ0n) is 24.2. The first-order chi connectivity index (χ1) is 20.1. The van der Waals surface area contributed by atoms with Crippen molar-refractivity contribution >= 4 is 17.9 Å². The summed E-state index contributed by atoms with van der Waals surface area (Å²) >= 11 is 0. The Morgan fingerprint density at radius 3 is 2.21 bits per heavy atom. The van der Waals surface area contributed by atoms with E-state index in [1.807, 2.05) is 36.4 Å². The number of rotatable bonds is 7. The van der Waals surface area contributed by atoms with Gasteiger partial charge in [0.2, 0.25) is 11.8 Å². The fraction of sp³-hybridized carbons (Fsp3) is 0.688. The van der Waals surface area contributed by atoms with Crippen LogP contribution >= 0.6 is 0 Å². The largest absolute Gasteiger partial charge is 0.445 e. The lowest BCUT2D eigenvalue weighted by atomic mass is 9.55. The van der Waals surface area contributed by atoms with Crippen LogP contribution in [-0.4, -0.2) is 74.8 Å². The van der Waals surface area contributed by atoms with Gasteiger partial charge in [-0.2, -0.15) is 5.26 Å². The Morgan fingerprint density at radius 2 is 1.62 bits per heavy atom. The molecule has 2 atom stereocenters. The molecule has 42 heavy (non-hydrogen) atoms. The van der Waals surface area contributed by atoms with Gasteiger partial charge in [0, 0.05) is 22.9 Å². The minimum absolute atomic E-state index is 0.0236. The number of likely N-dealkylation sites (tertiary alicyclic amines) is 1. The van der Waals surface area contributed by atoms with Crippen molar-refractivity contribution in [3.63, 3.8) is 0 Å². The summed E-state index contributed by atoms with van der Waals surface area (Å²) in [6.45, 7) is -0.385. The molecule has 3 amide bonds. The van der Waals surface area contributed by atoms with E-state index < -0.39 is 40.8 Å². The van der Waals surface area contributed by atoms with Crippen LogP contribution in [0.3, 0.4) is 0 Å². The summed E-state index contributed by atoms with van der Waals surface area (Å²) in [4.78, 5) is 43.7. The van der Waals surface area contributed by atoms with Gasteiger partial charge < -0.3 is 20.1 Å². The van der Waals surface area contributed by atoms with Crippen LogP contribution in [0.4, 0.5) is 9.18 Å². The smallest absolute Gasteiger partial charge is 0.411 e.